The van der Waals surface area contributed by atoms with E-state index in [1.165, 1.54) is 17.6 Å². The fraction of sp³-hybridized carbons (Fsp3) is 0.471. The number of sulfone groups is 1. The molecule has 0 radical (unpaired) electrons. The molecule has 0 atom stereocenters. The van der Waals surface area contributed by atoms with Crippen molar-refractivity contribution in [1.82, 2.24) is 24.9 Å². The van der Waals surface area contributed by atoms with Crippen molar-refractivity contribution < 1.29 is 13.2 Å². The van der Waals surface area contributed by atoms with Crippen molar-refractivity contribution in [2.45, 2.75) is 6.42 Å². The van der Waals surface area contributed by atoms with Crippen LogP contribution in [0.5, 0.6) is 0 Å². The van der Waals surface area contributed by atoms with E-state index in [9.17, 15) is 8.42 Å². The highest BCUT2D eigenvalue weighted by Gasteiger charge is 2.21. The summed E-state index contributed by atoms with van der Waals surface area (Å²) in [4.78, 5) is 24.2. The Morgan fingerprint density at radius 2 is 1.93 bits per heavy atom. The molecule has 13 heteroatoms. The number of nitrogen functional groups attached to an aromatic ring is 1. The van der Waals surface area contributed by atoms with Crippen LogP contribution in [0.2, 0.25) is 0 Å². The zero-order valence-electron chi connectivity index (χ0n) is 16.4. The quantitative estimate of drug-likeness (QED) is 0.492. The molecule has 1 aliphatic heterocycles. The van der Waals surface area contributed by atoms with E-state index in [0.29, 0.717) is 48.3 Å². The Hall–Kier alpha value is -2.64. The van der Waals surface area contributed by atoms with Crippen molar-refractivity contribution in [3.63, 3.8) is 0 Å². The first kappa shape index (κ1) is 20.6. The van der Waals surface area contributed by atoms with E-state index in [1.807, 2.05) is 0 Å². The first-order valence-corrected chi connectivity index (χ1v) is 12.3. The molecule has 0 spiro atoms. The first-order valence-electron chi connectivity index (χ1n) is 9.40. The highest BCUT2D eigenvalue weighted by atomic mass is 32.2. The Bertz CT molecular complexity index is 1130. The van der Waals surface area contributed by atoms with Crippen molar-refractivity contribution in [3.8, 4) is 11.4 Å². The molecular formula is C17H22N8O3S2. The number of morpholine rings is 1. The summed E-state index contributed by atoms with van der Waals surface area (Å²) in [5, 5.41) is 3.87. The molecule has 11 nitrogen and oxygen atoms in total. The molecule has 0 saturated carbocycles. The number of nitrogens with two attached hydrogens (primary N) is 1. The third-order valence-corrected chi connectivity index (χ3v) is 6.47. The van der Waals surface area contributed by atoms with Crippen molar-refractivity contribution in [3.05, 3.63) is 12.4 Å². The third-order valence-electron chi connectivity index (χ3n) is 4.44. The number of aromatic nitrogens is 5. The lowest BCUT2D eigenvalue weighted by molar-refractivity contribution is 0.122. The number of hydrogen-bond donors (Lipinski definition) is 2. The lowest BCUT2D eigenvalue weighted by atomic mass is 10.3. The first-order chi connectivity index (χ1) is 14.4. The van der Waals surface area contributed by atoms with Gasteiger partial charge in [-0.2, -0.15) is 4.98 Å². The predicted molar refractivity (Wildman–Crippen MR) is 116 cm³/mol. The minimum absolute atomic E-state index is 0.130. The average Bonchev–Trinajstić information content (AvgIpc) is 3.14. The Balaban J connectivity index is 1.66. The van der Waals surface area contributed by atoms with E-state index in [1.54, 1.807) is 12.4 Å². The molecule has 3 aromatic rings. The van der Waals surface area contributed by atoms with Gasteiger partial charge in [-0.1, -0.05) is 11.3 Å². The van der Waals surface area contributed by atoms with Crippen molar-refractivity contribution >= 4 is 48.4 Å². The highest BCUT2D eigenvalue weighted by molar-refractivity contribution is 7.90. The Morgan fingerprint density at radius 1 is 1.20 bits per heavy atom. The van der Waals surface area contributed by atoms with Gasteiger partial charge in [-0.05, 0) is 6.42 Å². The van der Waals surface area contributed by atoms with Gasteiger partial charge in [-0.25, -0.2) is 28.4 Å². The fourth-order valence-electron chi connectivity index (χ4n) is 2.99. The second-order valence-electron chi connectivity index (χ2n) is 6.88. The number of nitrogens with one attached hydrogen (secondary N) is 1. The number of thiazole rings is 1. The molecule has 0 unspecified atom stereocenters. The maximum Gasteiger partial charge on any atom is 0.219 e. The monoisotopic (exact) mass is 450 g/mol. The van der Waals surface area contributed by atoms with Crippen LogP contribution in [0.15, 0.2) is 12.4 Å². The second-order valence-corrected chi connectivity index (χ2v) is 10.1. The van der Waals surface area contributed by atoms with Gasteiger partial charge in [0, 0.05) is 38.3 Å². The van der Waals surface area contributed by atoms with Gasteiger partial charge in [0.1, 0.15) is 14.5 Å². The summed E-state index contributed by atoms with van der Waals surface area (Å²) in [5.41, 5.74) is 6.80. The Morgan fingerprint density at radius 3 is 2.63 bits per heavy atom. The molecule has 30 heavy (non-hydrogen) atoms. The van der Waals surface area contributed by atoms with Crippen LogP contribution >= 0.6 is 11.3 Å². The minimum Gasteiger partial charge on any atom is -0.378 e. The van der Waals surface area contributed by atoms with Gasteiger partial charge in [0.05, 0.1) is 24.5 Å². The summed E-state index contributed by atoms with van der Waals surface area (Å²) >= 11 is 1.45. The van der Waals surface area contributed by atoms with Gasteiger partial charge < -0.3 is 20.7 Å². The molecule has 4 heterocycles. The number of ether oxygens (including phenoxy) is 1. The number of fused-ring (bicyclic) bond motifs is 1. The molecule has 0 aromatic carbocycles. The van der Waals surface area contributed by atoms with E-state index in [4.69, 9.17) is 15.5 Å². The van der Waals surface area contributed by atoms with Gasteiger partial charge in [-0.15, -0.1) is 0 Å². The lowest BCUT2D eigenvalue weighted by Crippen LogP contribution is -2.36. The molecule has 160 valence electrons. The van der Waals surface area contributed by atoms with E-state index in [0.717, 1.165) is 23.6 Å². The largest absolute Gasteiger partial charge is 0.378 e. The smallest absolute Gasteiger partial charge is 0.219 e. The molecule has 3 aromatic heterocycles. The molecule has 0 bridgehead atoms. The molecule has 1 aliphatic rings. The molecule has 1 saturated heterocycles. The van der Waals surface area contributed by atoms with E-state index in [-0.39, 0.29) is 11.7 Å². The molecule has 1 fully saturated rings. The van der Waals surface area contributed by atoms with Gasteiger partial charge in [0.25, 0.3) is 0 Å². The summed E-state index contributed by atoms with van der Waals surface area (Å²) in [5.74, 6) is 1.57. The summed E-state index contributed by atoms with van der Waals surface area (Å²) in [6.45, 7) is 3.20. The second kappa shape index (κ2) is 8.62. The number of nitrogens with zero attached hydrogens (tertiary/aromatic N) is 6. The molecule has 4 rings (SSSR count). The van der Waals surface area contributed by atoms with Gasteiger partial charge in [-0.3, -0.25) is 0 Å². The summed E-state index contributed by atoms with van der Waals surface area (Å²) < 4.78 is 28.9. The topological polar surface area (TPSA) is 149 Å². The number of anilines is 3. The van der Waals surface area contributed by atoms with Crippen LogP contribution in [-0.2, 0) is 14.6 Å². The zero-order chi connectivity index (χ0) is 21.1. The van der Waals surface area contributed by atoms with Gasteiger partial charge in [0.15, 0.2) is 22.4 Å². The summed E-state index contributed by atoms with van der Waals surface area (Å²) in [6.07, 6.45) is 4.91. The summed E-state index contributed by atoms with van der Waals surface area (Å²) in [7, 11) is -2.98. The van der Waals surface area contributed by atoms with Crippen LogP contribution in [0.4, 0.5) is 16.9 Å². The Labute approximate surface area is 177 Å². The molecule has 3 N–H and O–H groups in total. The third kappa shape index (κ3) is 4.91. The van der Waals surface area contributed by atoms with E-state index < -0.39 is 9.84 Å². The summed E-state index contributed by atoms with van der Waals surface area (Å²) in [6, 6.07) is 0. The maximum absolute atomic E-state index is 11.3. The van der Waals surface area contributed by atoms with Crippen LogP contribution in [-0.4, -0.2) is 78.2 Å². The lowest BCUT2D eigenvalue weighted by Gasteiger charge is -2.28. The minimum atomic E-state index is -2.98. The van der Waals surface area contributed by atoms with Crippen LogP contribution in [0.25, 0.3) is 21.7 Å². The number of rotatable bonds is 7. The standard InChI is InChI=1S/C17H22N8O3S2/c1-30(26,27)8-2-3-19-17-24-14-12(29-17)15(25-4-6-28-7-5-25)23-13(22-14)11-9-20-16(18)21-10-11/h9-10H,2-8H2,1H3,(H2,18,20,21)(H,19,22,23,24). The molecular weight excluding hydrogens is 428 g/mol. The number of hydrogen-bond acceptors (Lipinski definition) is 12. The van der Waals surface area contributed by atoms with Crippen LogP contribution in [0.1, 0.15) is 6.42 Å². The molecule has 0 amide bonds. The fourth-order valence-corrected chi connectivity index (χ4v) is 4.60. The SMILES string of the molecule is CS(=O)(=O)CCCNc1nc2nc(-c3cnc(N)nc3)nc(N3CCOCC3)c2s1. The van der Waals surface area contributed by atoms with Gasteiger partial charge >= 0.3 is 0 Å². The highest BCUT2D eigenvalue weighted by Crippen LogP contribution is 2.34. The van der Waals surface area contributed by atoms with Crippen molar-refractivity contribution in [2.75, 3.05) is 60.8 Å². The van der Waals surface area contributed by atoms with Crippen molar-refractivity contribution in [1.29, 1.82) is 0 Å². The van der Waals surface area contributed by atoms with Crippen molar-refractivity contribution in [2.24, 2.45) is 0 Å². The normalized spacial score (nSPS) is 14.9. The van der Waals surface area contributed by atoms with E-state index in [2.05, 4.69) is 30.2 Å². The van der Waals surface area contributed by atoms with Gasteiger partial charge in [0.2, 0.25) is 5.95 Å². The van der Waals surface area contributed by atoms with Crippen LogP contribution < -0.4 is 16.0 Å². The average molecular weight is 451 g/mol. The van der Waals surface area contributed by atoms with Crippen LogP contribution in [0.3, 0.4) is 0 Å². The Kier molecular flexibility index (Phi) is 5.92. The van der Waals surface area contributed by atoms with E-state index >= 15 is 0 Å². The van der Waals surface area contributed by atoms with Crippen LogP contribution in [0, 0.1) is 0 Å². The molecule has 0 aliphatic carbocycles. The maximum atomic E-state index is 11.3. The zero-order valence-corrected chi connectivity index (χ0v) is 18.0. The predicted octanol–water partition coefficient (Wildman–Crippen LogP) is 0.809.